The molecule has 2 aromatic rings. The van der Waals surface area contributed by atoms with E-state index in [1.807, 2.05) is 31.2 Å². The summed E-state index contributed by atoms with van der Waals surface area (Å²) < 4.78 is 5.68. The molecule has 1 aromatic heterocycles. The molecule has 0 saturated heterocycles. The van der Waals surface area contributed by atoms with Crippen LogP contribution < -0.4 is 4.74 Å². The number of hydrogen-bond donors (Lipinski definition) is 0. The molecule has 0 N–H and O–H groups in total. The first-order chi connectivity index (χ1) is 8.19. The van der Waals surface area contributed by atoms with E-state index in [2.05, 4.69) is 20.9 Å². The molecule has 0 bridgehead atoms. The number of nitrogens with zero attached hydrogens (tertiary/aromatic N) is 1. The predicted molar refractivity (Wildman–Crippen MR) is 73.1 cm³/mol. The highest BCUT2D eigenvalue weighted by molar-refractivity contribution is 9.08. The number of benzene rings is 1. The zero-order valence-corrected chi connectivity index (χ0v) is 11.6. The number of rotatable bonds is 3. The summed E-state index contributed by atoms with van der Waals surface area (Å²) >= 11 is 9.30. The fourth-order valence-electron chi connectivity index (χ4n) is 1.35. The maximum atomic E-state index is 5.92. The van der Waals surface area contributed by atoms with Crippen LogP contribution in [0.4, 0.5) is 0 Å². The average molecular weight is 313 g/mol. The molecular weight excluding hydrogens is 302 g/mol. The molecule has 0 aliphatic rings. The Hall–Kier alpha value is -1.06. The molecule has 2 rings (SSSR count). The van der Waals surface area contributed by atoms with Crippen molar-refractivity contribution in [3.8, 4) is 11.6 Å². The number of ether oxygens (including phenoxy) is 1. The van der Waals surface area contributed by atoms with E-state index in [-0.39, 0.29) is 0 Å². The smallest absolute Gasteiger partial charge is 0.219 e. The summed E-state index contributed by atoms with van der Waals surface area (Å²) in [6, 6.07) is 9.36. The van der Waals surface area contributed by atoms with Crippen molar-refractivity contribution in [3.05, 3.63) is 52.7 Å². The summed E-state index contributed by atoms with van der Waals surface area (Å²) in [5.74, 6) is 1.30. The molecule has 0 radical (unpaired) electrons. The molecule has 0 atom stereocenters. The van der Waals surface area contributed by atoms with Gasteiger partial charge in [-0.25, -0.2) is 4.98 Å². The first-order valence-corrected chi connectivity index (χ1v) is 6.64. The van der Waals surface area contributed by atoms with E-state index in [1.165, 1.54) is 0 Å². The van der Waals surface area contributed by atoms with Crippen molar-refractivity contribution >= 4 is 27.5 Å². The molecule has 17 heavy (non-hydrogen) atoms. The lowest BCUT2D eigenvalue weighted by Gasteiger charge is -2.08. The van der Waals surface area contributed by atoms with Crippen LogP contribution in [0.5, 0.6) is 11.6 Å². The first-order valence-electron chi connectivity index (χ1n) is 5.14. The van der Waals surface area contributed by atoms with E-state index >= 15 is 0 Å². The molecule has 0 amide bonds. The molecule has 0 spiro atoms. The summed E-state index contributed by atoms with van der Waals surface area (Å²) in [5.41, 5.74) is 2.14. The van der Waals surface area contributed by atoms with Gasteiger partial charge in [0.1, 0.15) is 5.75 Å². The minimum atomic E-state index is 0.570. The van der Waals surface area contributed by atoms with Gasteiger partial charge >= 0.3 is 0 Å². The topological polar surface area (TPSA) is 22.1 Å². The van der Waals surface area contributed by atoms with Crippen molar-refractivity contribution in [2.75, 3.05) is 0 Å². The molecule has 0 saturated carbocycles. The van der Waals surface area contributed by atoms with Gasteiger partial charge in [-0.2, -0.15) is 0 Å². The highest BCUT2D eigenvalue weighted by atomic mass is 79.9. The average Bonchev–Trinajstić information content (AvgIpc) is 2.35. The van der Waals surface area contributed by atoms with E-state index < -0.39 is 0 Å². The van der Waals surface area contributed by atoms with Gasteiger partial charge in [0.2, 0.25) is 5.88 Å². The molecule has 88 valence electrons. The lowest BCUT2D eigenvalue weighted by atomic mass is 10.2. The van der Waals surface area contributed by atoms with Crippen LogP contribution in [-0.2, 0) is 5.33 Å². The van der Waals surface area contributed by atoms with Crippen molar-refractivity contribution in [1.82, 2.24) is 4.98 Å². The lowest BCUT2D eigenvalue weighted by Crippen LogP contribution is -1.91. The molecule has 1 heterocycles. The Morgan fingerprint density at radius 2 is 2.12 bits per heavy atom. The van der Waals surface area contributed by atoms with Gasteiger partial charge in [-0.3, -0.25) is 0 Å². The van der Waals surface area contributed by atoms with Gasteiger partial charge < -0.3 is 4.74 Å². The van der Waals surface area contributed by atoms with E-state index in [9.17, 15) is 0 Å². The van der Waals surface area contributed by atoms with Crippen LogP contribution in [0, 0.1) is 6.92 Å². The van der Waals surface area contributed by atoms with E-state index in [1.54, 1.807) is 12.3 Å². The van der Waals surface area contributed by atoms with E-state index in [0.717, 1.165) is 22.2 Å². The Labute approximate surface area is 114 Å². The maximum absolute atomic E-state index is 5.92. The third kappa shape index (κ3) is 3.20. The molecule has 0 unspecified atom stereocenters. The third-order valence-electron chi connectivity index (χ3n) is 2.32. The highest BCUT2D eigenvalue weighted by Crippen LogP contribution is 2.26. The first kappa shape index (κ1) is 12.4. The summed E-state index contributed by atoms with van der Waals surface area (Å²) in [6.07, 6.45) is 1.78. The summed E-state index contributed by atoms with van der Waals surface area (Å²) in [6.45, 7) is 1.97. The van der Waals surface area contributed by atoms with Gasteiger partial charge in [0.05, 0.1) is 0 Å². The van der Waals surface area contributed by atoms with Crippen molar-refractivity contribution in [3.63, 3.8) is 0 Å². The zero-order chi connectivity index (χ0) is 12.3. The second kappa shape index (κ2) is 5.52. The van der Waals surface area contributed by atoms with Crippen molar-refractivity contribution in [2.24, 2.45) is 0 Å². The number of halogens is 2. The number of pyridine rings is 1. The molecule has 0 aliphatic heterocycles. The minimum absolute atomic E-state index is 0.570. The zero-order valence-electron chi connectivity index (χ0n) is 9.28. The standard InChI is InChI=1S/C13H11BrClNO/c1-9-2-4-11(15)6-12(9)17-13-5-3-10(7-14)8-16-13/h2-6,8H,7H2,1H3. The number of hydrogen-bond acceptors (Lipinski definition) is 2. The number of alkyl halides is 1. The normalized spacial score (nSPS) is 10.3. The van der Waals surface area contributed by atoms with E-state index in [4.69, 9.17) is 16.3 Å². The van der Waals surface area contributed by atoms with Gasteiger partial charge in [0, 0.05) is 22.6 Å². The van der Waals surface area contributed by atoms with E-state index in [0.29, 0.717) is 10.9 Å². The van der Waals surface area contributed by atoms with Gasteiger partial charge in [-0.1, -0.05) is 39.7 Å². The number of aryl methyl sites for hydroxylation is 1. The number of aromatic nitrogens is 1. The van der Waals surface area contributed by atoms with Crippen LogP contribution in [0.15, 0.2) is 36.5 Å². The SMILES string of the molecule is Cc1ccc(Cl)cc1Oc1ccc(CBr)cn1. The molecule has 1 aromatic carbocycles. The molecule has 2 nitrogen and oxygen atoms in total. The van der Waals surface area contributed by atoms with Gasteiger partial charge in [-0.05, 0) is 30.2 Å². The Balaban J connectivity index is 2.22. The van der Waals surface area contributed by atoms with Crippen molar-refractivity contribution in [2.45, 2.75) is 12.3 Å². The van der Waals surface area contributed by atoms with Crippen molar-refractivity contribution in [1.29, 1.82) is 0 Å². The molecule has 0 aliphatic carbocycles. The lowest BCUT2D eigenvalue weighted by molar-refractivity contribution is 0.459. The Morgan fingerprint density at radius 1 is 1.29 bits per heavy atom. The highest BCUT2D eigenvalue weighted by Gasteiger charge is 2.03. The summed E-state index contributed by atoms with van der Waals surface area (Å²) in [5, 5.41) is 1.44. The minimum Gasteiger partial charge on any atom is -0.439 e. The van der Waals surface area contributed by atoms with Gasteiger partial charge in [0.25, 0.3) is 0 Å². The quantitative estimate of drug-likeness (QED) is 0.764. The van der Waals surface area contributed by atoms with Crippen LogP contribution in [0.25, 0.3) is 0 Å². The van der Waals surface area contributed by atoms with Crippen LogP contribution in [0.3, 0.4) is 0 Å². The molecule has 0 fully saturated rings. The second-order valence-electron chi connectivity index (χ2n) is 3.65. The Bertz CT molecular complexity index is 513. The summed E-state index contributed by atoms with van der Waals surface area (Å²) in [7, 11) is 0. The predicted octanol–water partition coefficient (Wildman–Crippen LogP) is 4.73. The van der Waals surface area contributed by atoms with Crippen LogP contribution >= 0.6 is 27.5 Å². The summed E-state index contributed by atoms with van der Waals surface area (Å²) in [4.78, 5) is 4.22. The Morgan fingerprint density at radius 3 is 2.76 bits per heavy atom. The van der Waals surface area contributed by atoms with Crippen LogP contribution in [-0.4, -0.2) is 4.98 Å². The fraction of sp³-hybridized carbons (Fsp3) is 0.154. The molecule has 4 heteroatoms. The molecular formula is C13H11BrClNO. The monoisotopic (exact) mass is 311 g/mol. The maximum Gasteiger partial charge on any atom is 0.219 e. The van der Waals surface area contributed by atoms with Crippen LogP contribution in [0.2, 0.25) is 5.02 Å². The fourth-order valence-corrected chi connectivity index (χ4v) is 1.84. The van der Waals surface area contributed by atoms with Gasteiger partial charge in [0.15, 0.2) is 0 Å². The largest absolute Gasteiger partial charge is 0.439 e. The van der Waals surface area contributed by atoms with Gasteiger partial charge in [-0.15, -0.1) is 0 Å². The van der Waals surface area contributed by atoms with Crippen molar-refractivity contribution < 1.29 is 4.74 Å². The second-order valence-corrected chi connectivity index (χ2v) is 4.65. The third-order valence-corrected chi connectivity index (χ3v) is 3.20. The van der Waals surface area contributed by atoms with Crippen LogP contribution in [0.1, 0.15) is 11.1 Å². The Kier molecular flexibility index (Phi) is 4.02.